The summed E-state index contributed by atoms with van der Waals surface area (Å²) in [6.07, 6.45) is 6.17. The fourth-order valence-electron chi connectivity index (χ4n) is 5.60. The fraction of sp³-hybridized carbons (Fsp3) is 0.300. The van der Waals surface area contributed by atoms with Gasteiger partial charge in [-0.05, 0) is 62.6 Å². The van der Waals surface area contributed by atoms with Crippen molar-refractivity contribution in [2.75, 3.05) is 25.4 Å². The van der Waals surface area contributed by atoms with Crippen molar-refractivity contribution in [3.05, 3.63) is 71.8 Å². The predicted molar refractivity (Wildman–Crippen MR) is 151 cm³/mol. The highest BCUT2D eigenvalue weighted by Gasteiger charge is 2.31. The van der Waals surface area contributed by atoms with E-state index in [1.165, 1.54) is 30.6 Å². The van der Waals surface area contributed by atoms with Gasteiger partial charge < -0.3 is 20.7 Å². The number of hydrogen-bond donors (Lipinski definition) is 2. The van der Waals surface area contributed by atoms with Crippen LogP contribution in [0.25, 0.3) is 22.3 Å². The standard InChI is InChI=1S/C30H27F3N8O2/c31-22-6-1-7-24(26(22)33)43-20-8-9-21(23(32)13-20)27-25-28(35)37-16-38-29(25)41(39-27)19-5-3-11-40(15-19)30(42)17(14-34)12-18-4-2-10-36-18/h1,6-9,12-13,16,18-19,36H,2-5,10-11,15H2,(H2,35,37,38)/b17-12-/t18?,19-/m1/s1. The van der Waals surface area contributed by atoms with Crippen molar-refractivity contribution in [1.82, 2.24) is 30.0 Å². The van der Waals surface area contributed by atoms with Crippen molar-refractivity contribution in [3.8, 4) is 28.8 Å². The van der Waals surface area contributed by atoms with Crippen LogP contribution in [0.5, 0.6) is 11.5 Å². The number of amides is 1. The summed E-state index contributed by atoms with van der Waals surface area (Å²) in [4.78, 5) is 23.4. The minimum absolute atomic E-state index is 0.00366. The molecule has 220 valence electrons. The quantitative estimate of drug-likeness (QED) is 0.246. The van der Waals surface area contributed by atoms with E-state index in [2.05, 4.69) is 21.4 Å². The van der Waals surface area contributed by atoms with E-state index < -0.39 is 17.5 Å². The number of nitrogens with two attached hydrogens (primary N) is 1. The second-order valence-electron chi connectivity index (χ2n) is 10.5. The third-order valence-electron chi connectivity index (χ3n) is 7.70. The van der Waals surface area contributed by atoms with Crippen LogP contribution in [0.4, 0.5) is 19.0 Å². The largest absolute Gasteiger partial charge is 0.454 e. The molecule has 2 aliphatic heterocycles. The van der Waals surface area contributed by atoms with Crippen molar-refractivity contribution in [2.45, 2.75) is 37.8 Å². The van der Waals surface area contributed by atoms with Gasteiger partial charge in [0.1, 0.15) is 41.0 Å². The van der Waals surface area contributed by atoms with Crippen molar-refractivity contribution in [1.29, 1.82) is 5.26 Å². The summed E-state index contributed by atoms with van der Waals surface area (Å²) < 4.78 is 50.2. The number of fused-ring (bicyclic) bond motifs is 1. The van der Waals surface area contributed by atoms with Crippen molar-refractivity contribution < 1.29 is 22.7 Å². The average molecular weight is 589 g/mol. The number of hydrogen-bond acceptors (Lipinski definition) is 8. The predicted octanol–water partition coefficient (Wildman–Crippen LogP) is 4.65. The molecule has 0 radical (unpaired) electrons. The number of nitrogens with one attached hydrogen (secondary N) is 1. The smallest absolute Gasteiger partial charge is 0.264 e. The first-order chi connectivity index (χ1) is 20.8. The Kier molecular flexibility index (Phi) is 7.69. The molecule has 2 aromatic heterocycles. The number of anilines is 1. The van der Waals surface area contributed by atoms with Crippen LogP contribution in [0, 0.1) is 28.8 Å². The number of carbonyl (C=O) groups excluding carboxylic acids is 1. The van der Waals surface area contributed by atoms with E-state index in [0.29, 0.717) is 30.4 Å². The molecule has 2 atom stereocenters. The first kappa shape index (κ1) is 28.2. The van der Waals surface area contributed by atoms with Crippen LogP contribution in [0.15, 0.2) is 54.4 Å². The molecule has 0 aliphatic carbocycles. The van der Waals surface area contributed by atoms with Gasteiger partial charge in [-0.2, -0.15) is 14.8 Å². The summed E-state index contributed by atoms with van der Waals surface area (Å²) in [6.45, 7) is 1.60. The van der Waals surface area contributed by atoms with E-state index >= 15 is 4.39 Å². The van der Waals surface area contributed by atoms with Crippen LogP contribution in [0.3, 0.4) is 0 Å². The molecule has 3 N–H and O–H groups in total. The van der Waals surface area contributed by atoms with Gasteiger partial charge in [-0.25, -0.2) is 23.4 Å². The summed E-state index contributed by atoms with van der Waals surface area (Å²) in [6, 6.07) is 9.04. The number of benzene rings is 2. The Morgan fingerprint density at radius 1 is 1.14 bits per heavy atom. The van der Waals surface area contributed by atoms with Gasteiger partial charge in [-0.15, -0.1) is 0 Å². The molecule has 2 saturated heterocycles. The van der Waals surface area contributed by atoms with Gasteiger partial charge in [0, 0.05) is 30.8 Å². The molecule has 4 heterocycles. The minimum atomic E-state index is -1.19. The van der Waals surface area contributed by atoms with Crippen LogP contribution >= 0.6 is 0 Å². The Morgan fingerprint density at radius 3 is 2.77 bits per heavy atom. The molecule has 2 aromatic carbocycles. The molecular weight excluding hydrogens is 561 g/mol. The number of aromatic nitrogens is 4. The molecule has 0 bridgehead atoms. The normalized spacial score (nSPS) is 19.0. The van der Waals surface area contributed by atoms with Crippen LogP contribution in [-0.2, 0) is 4.79 Å². The first-order valence-electron chi connectivity index (χ1n) is 13.9. The maximum Gasteiger partial charge on any atom is 0.264 e. The summed E-state index contributed by atoms with van der Waals surface area (Å²) in [5.41, 5.74) is 6.94. The zero-order valence-corrected chi connectivity index (χ0v) is 22.9. The summed E-state index contributed by atoms with van der Waals surface area (Å²) in [5.74, 6) is -3.70. The first-order valence-corrected chi connectivity index (χ1v) is 13.9. The number of nitrogens with zero attached hydrogens (tertiary/aromatic N) is 6. The molecule has 10 nitrogen and oxygen atoms in total. The molecule has 1 unspecified atom stereocenters. The summed E-state index contributed by atoms with van der Waals surface area (Å²) >= 11 is 0. The summed E-state index contributed by atoms with van der Waals surface area (Å²) in [7, 11) is 0. The lowest BCUT2D eigenvalue weighted by Gasteiger charge is -2.33. The molecule has 0 spiro atoms. The van der Waals surface area contributed by atoms with Gasteiger partial charge in [-0.3, -0.25) is 4.79 Å². The molecule has 0 saturated carbocycles. The SMILES string of the molecule is N#C/C(=C/C1CCCN1)C(=O)N1CCC[C@@H](n2nc(-c3ccc(Oc4cccc(F)c4F)cc3F)c3c(N)ncnc32)C1. The van der Waals surface area contributed by atoms with Crippen molar-refractivity contribution >= 4 is 22.8 Å². The van der Waals surface area contributed by atoms with Crippen LogP contribution < -0.4 is 15.8 Å². The molecule has 43 heavy (non-hydrogen) atoms. The lowest BCUT2D eigenvalue weighted by molar-refractivity contribution is -0.128. The Labute approximate surface area is 244 Å². The van der Waals surface area contributed by atoms with E-state index in [0.717, 1.165) is 31.5 Å². The number of likely N-dealkylation sites (tertiary alicyclic amines) is 1. The minimum Gasteiger partial charge on any atom is -0.454 e. The number of nitriles is 1. The number of piperidine rings is 1. The topological polar surface area (TPSA) is 135 Å². The maximum absolute atomic E-state index is 15.5. The zero-order chi connectivity index (χ0) is 30.1. The van der Waals surface area contributed by atoms with Gasteiger partial charge in [0.25, 0.3) is 5.91 Å². The zero-order valence-electron chi connectivity index (χ0n) is 22.9. The van der Waals surface area contributed by atoms with Gasteiger partial charge >= 0.3 is 0 Å². The Morgan fingerprint density at radius 2 is 2.00 bits per heavy atom. The Hall–Kier alpha value is -4.96. The highest BCUT2D eigenvalue weighted by Crippen LogP contribution is 2.37. The van der Waals surface area contributed by atoms with Crippen LogP contribution in [0.2, 0.25) is 0 Å². The van der Waals surface area contributed by atoms with Crippen molar-refractivity contribution in [3.63, 3.8) is 0 Å². The lowest BCUT2D eigenvalue weighted by Crippen LogP contribution is -2.41. The lowest BCUT2D eigenvalue weighted by atomic mass is 10.0. The Bertz CT molecular complexity index is 1780. The van der Waals surface area contributed by atoms with E-state index in [-0.39, 0.29) is 58.7 Å². The average Bonchev–Trinajstić information content (AvgIpc) is 3.67. The highest BCUT2D eigenvalue weighted by atomic mass is 19.2. The van der Waals surface area contributed by atoms with Crippen molar-refractivity contribution in [2.24, 2.45) is 0 Å². The van der Waals surface area contributed by atoms with Gasteiger partial charge in [-0.1, -0.05) is 6.07 Å². The Balaban J connectivity index is 1.31. The molecule has 2 fully saturated rings. The molecule has 2 aliphatic rings. The third kappa shape index (κ3) is 5.49. The summed E-state index contributed by atoms with van der Waals surface area (Å²) in [5, 5.41) is 18.0. The molecule has 6 rings (SSSR count). The molecular formula is C30H27F3N8O2. The van der Waals surface area contributed by atoms with Gasteiger partial charge in [0.15, 0.2) is 17.2 Å². The van der Waals surface area contributed by atoms with Crippen LogP contribution in [-0.4, -0.2) is 56.2 Å². The molecule has 1 amide bonds. The van der Waals surface area contributed by atoms with E-state index in [1.54, 1.807) is 15.7 Å². The molecule has 13 heteroatoms. The third-order valence-corrected chi connectivity index (χ3v) is 7.70. The monoisotopic (exact) mass is 588 g/mol. The number of nitrogen functional groups attached to an aromatic ring is 1. The molecule has 4 aromatic rings. The second-order valence-corrected chi connectivity index (χ2v) is 10.5. The van der Waals surface area contributed by atoms with E-state index in [4.69, 9.17) is 15.6 Å². The highest BCUT2D eigenvalue weighted by molar-refractivity contribution is 5.99. The number of carbonyl (C=O) groups is 1. The van der Waals surface area contributed by atoms with Crippen LogP contribution in [0.1, 0.15) is 31.7 Å². The number of rotatable bonds is 6. The van der Waals surface area contributed by atoms with E-state index in [9.17, 15) is 18.8 Å². The van der Waals surface area contributed by atoms with Gasteiger partial charge in [0.2, 0.25) is 5.82 Å². The van der Waals surface area contributed by atoms with Gasteiger partial charge in [0.05, 0.1) is 11.4 Å². The fourth-order valence-corrected chi connectivity index (χ4v) is 5.60. The number of ether oxygens (including phenoxy) is 1. The number of halogens is 3. The maximum atomic E-state index is 15.5. The second kappa shape index (κ2) is 11.7. The van der Waals surface area contributed by atoms with E-state index in [1.807, 2.05) is 0 Å².